The maximum absolute atomic E-state index is 13.1. The van der Waals surface area contributed by atoms with E-state index in [0.717, 1.165) is 12.0 Å². The van der Waals surface area contributed by atoms with Crippen molar-refractivity contribution in [2.45, 2.75) is 71.7 Å². The molecule has 5 heteroatoms. The van der Waals surface area contributed by atoms with E-state index >= 15 is 0 Å². The minimum Gasteiger partial charge on any atom is -0.492 e. The van der Waals surface area contributed by atoms with Crippen LogP contribution in [0.5, 0.6) is 5.75 Å². The van der Waals surface area contributed by atoms with Gasteiger partial charge in [-0.1, -0.05) is 67.6 Å². The zero-order valence-electron chi connectivity index (χ0n) is 21.6. The van der Waals surface area contributed by atoms with Gasteiger partial charge < -0.3 is 9.47 Å². The minimum absolute atomic E-state index is 0.0454. The molecule has 0 saturated carbocycles. The third kappa shape index (κ3) is 8.22. The van der Waals surface area contributed by atoms with Crippen molar-refractivity contribution in [3.63, 3.8) is 0 Å². The van der Waals surface area contributed by atoms with E-state index in [4.69, 9.17) is 9.47 Å². The summed E-state index contributed by atoms with van der Waals surface area (Å²) in [6, 6.07) is 22.5. The molecule has 0 fully saturated rings. The van der Waals surface area contributed by atoms with Crippen molar-refractivity contribution in [3.8, 4) is 5.75 Å². The van der Waals surface area contributed by atoms with Gasteiger partial charge in [-0.3, -0.25) is 14.7 Å². The standard InChI is InChI=1S/C30H38N2O3/c1-6-17-34-27-18-26(20-31-21-27)28(19-29(33)35-30(3,4)5)32(22-24-13-9-7-10-14-24)23(2)25-15-11-8-12-16-25/h7-16,18,20-21,23,28H,6,17,19,22H2,1-5H3/t23-,28+/m1/s1. The van der Waals surface area contributed by atoms with Crippen LogP contribution in [0.2, 0.25) is 0 Å². The van der Waals surface area contributed by atoms with E-state index in [-0.39, 0.29) is 24.5 Å². The molecule has 35 heavy (non-hydrogen) atoms. The molecule has 0 aliphatic heterocycles. The molecule has 3 rings (SSSR count). The Morgan fingerprint density at radius 2 is 1.63 bits per heavy atom. The number of nitrogens with zero attached hydrogens (tertiary/aromatic N) is 2. The molecule has 1 aromatic heterocycles. The van der Waals surface area contributed by atoms with Gasteiger partial charge in [0.2, 0.25) is 0 Å². The lowest BCUT2D eigenvalue weighted by atomic mass is 9.97. The van der Waals surface area contributed by atoms with Crippen molar-refractivity contribution in [1.29, 1.82) is 0 Å². The highest BCUT2D eigenvalue weighted by atomic mass is 16.6. The molecule has 0 saturated heterocycles. The summed E-state index contributed by atoms with van der Waals surface area (Å²) in [6.07, 6.45) is 4.69. The van der Waals surface area contributed by atoms with Gasteiger partial charge in [0.1, 0.15) is 11.4 Å². The van der Waals surface area contributed by atoms with Crippen LogP contribution in [-0.2, 0) is 16.1 Å². The summed E-state index contributed by atoms with van der Waals surface area (Å²) in [4.78, 5) is 19.9. The molecular weight excluding hydrogens is 436 g/mol. The lowest BCUT2D eigenvalue weighted by Gasteiger charge is -2.37. The first-order valence-corrected chi connectivity index (χ1v) is 12.4. The number of aromatic nitrogens is 1. The van der Waals surface area contributed by atoms with Gasteiger partial charge in [-0.05, 0) is 56.9 Å². The molecule has 0 unspecified atom stereocenters. The fourth-order valence-electron chi connectivity index (χ4n) is 4.12. The van der Waals surface area contributed by atoms with Crippen LogP contribution in [0.1, 0.15) is 76.2 Å². The number of benzene rings is 2. The Labute approximate surface area is 210 Å². The van der Waals surface area contributed by atoms with Crippen LogP contribution >= 0.6 is 0 Å². The number of ether oxygens (including phenoxy) is 2. The number of rotatable bonds is 11. The van der Waals surface area contributed by atoms with Crippen molar-refractivity contribution in [1.82, 2.24) is 9.88 Å². The smallest absolute Gasteiger partial charge is 0.308 e. The molecule has 3 aromatic rings. The molecule has 0 spiro atoms. The van der Waals surface area contributed by atoms with Gasteiger partial charge in [0.15, 0.2) is 0 Å². The van der Waals surface area contributed by atoms with E-state index in [0.29, 0.717) is 18.9 Å². The molecule has 0 amide bonds. The topological polar surface area (TPSA) is 51.7 Å². The highest BCUT2D eigenvalue weighted by Gasteiger charge is 2.31. The third-order valence-corrected chi connectivity index (χ3v) is 5.76. The van der Waals surface area contributed by atoms with E-state index in [2.05, 4.69) is 60.1 Å². The second kappa shape index (κ2) is 12.5. The van der Waals surface area contributed by atoms with Gasteiger partial charge in [-0.2, -0.15) is 0 Å². The molecule has 0 bridgehead atoms. The van der Waals surface area contributed by atoms with E-state index in [9.17, 15) is 4.79 Å². The van der Waals surface area contributed by atoms with Gasteiger partial charge in [-0.25, -0.2) is 0 Å². The maximum Gasteiger partial charge on any atom is 0.308 e. The van der Waals surface area contributed by atoms with Crippen molar-refractivity contribution in [3.05, 3.63) is 95.8 Å². The number of hydrogen-bond acceptors (Lipinski definition) is 5. The summed E-state index contributed by atoms with van der Waals surface area (Å²) < 4.78 is 11.6. The monoisotopic (exact) mass is 474 g/mol. The predicted octanol–water partition coefficient (Wildman–Crippen LogP) is 6.91. The van der Waals surface area contributed by atoms with Crippen LogP contribution in [0.15, 0.2) is 79.1 Å². The van der Waals surface area contributed by atoms with E-state index in [1.807, 2.05) is 57.3 Å². The van der Waals surface area contributed by atoms with Gasteiger partial charge in [0.25, 0.3) is 0 Å². The van der Waals surface area contributed by atoms with E-state index in [1.165, 1.54) is 11.1 Å². The summed E-state index contributed by atoms with van der Waals surface area (Å²) in [5.74, 6) is 0.478. The predicted molar refractivity (Wildman–Crippen MR) is 140 cm³/mol. The summed E-state index contributed by atoms with van der Waals surface area (Å²) in [6.45, 7) is 11.2. The molecule has 0 radical (unpaired) electrons. The summed E-state index contributed by atoms with van der Waals surface area (Å²) in [5.41, 5.74) is 2.74. The number of hydrogen-bond donors (Lipinski definition) is 0. The van der Waals surface area contributed by atoms with Crippen molar-refractivity contribution < 1.29 is 14.3 Å². The molecule has 5 nitrogen and oxygen atoms in total. The Bertz CT molecular complexity index is 1050. The van der Waals surface area contributed by atoms with Crippen LogP contribution in [0.4, 0.5) is 0 Å². The number of pyridine rings is 1. The summed E-state index contributed by atoms with van der Waals surface area (Å²) >= 11 is 0. The summed E-state index contributed by atoms with van der Waals surface area (Å²) in [5, 5.41) is 0. The first-order chi connectivity index (χ1) is 16.8. The molecule has 2 aromatic carbocycles. The second-order valence-electron chi connectivity index (χ2n) is 9.85. The SMILES string of the molecule is CCCOc1cncc([C@H](CC(=O)OC(C)(C)C)N(Cc2ccccc2)[C@H](C)c2ccccc2)c1. The zero-order valence-corrected chi connectivity index (χ0v) is 21.6. The van der Waals surface area contributed by atoms with Crippen LogP contribution < -0.4 is 4.74 Å². The quantitative estimate of drug-likeness (QED) is 0.283. The van der Waals surface area contributed by atoms with E-state index < -0.39 is 5.60 Å². The average Bonchev–Trinajstić information content (AvgIpc) is 2.84. The van der Waals surface area contributed by atoms with Crippen LogP contribution in [0.25, 0.3) is 0 Å². The van der Waals surface area contributed by atoms with Gasteiger partial charge in [0.05, 0.1) is 19.2 Å². The average molecular weight is 475 g/mol. The Kier molecular flexibility index (Phi) is 9.44. The molecule has 0 aliphatic carbocycles. The first kappa shape index (κ1) is 26.4. The number of esters is 1. The van der Waals surface area contributed by atoms with Crippen molar-refractivity contribution in [2.24, 2.45) is 0 Å². The molecule has 186 valence electrons. The second-order valence-corrected chi connectivity index (χ2v) is 9.85. The fourth-order valence-corrected chi connectivity index (χ4v) is 4.12. The highest BCUT2D eigenvalue weighted by Crippen LogP contribution is 2.36. The Morgan fingerprint density at radius 1 is 0.971 bits per heavy atom. The molecule has 1 heterocycles. The summed E-state index contributed by atoms with van der Waals surface area (Å²) in [7, 11) is 0. The van der Waals surface area contributed by atoms with Crippen LogP contribution in [-0.4, -0.2) is 28.1 Å². The van der Waals surface area contributed by atoms with Gasteiger partial charge in [-0.15, -0.1) is 0 Å². The minimum atomic E-state index is -0.554. The van der Waals surface area contributed by atoms with Gasteiger partial charge >= 0.3 is 5.97 Å². The molecule has 2 atom stereocenters. The van der Waals surface area contributed by atoms with Crippen LogP contribution in [0.3, 0.4) is 0 Å². The Balaban J connectivity index is 2.04. The fraction of sp³-hybridized carbons (Fsp3) is 0.400. The van der Waals surface area contributed by atoms with Crippen molar-refractivity contribution >= 4 is 5.97 Å². The lowest BCUT2D eigenvalue weighted by Crippen LogP contribution is -2.34. The maximum atomic E-state index is 13.1. The Hall–Kier alpha value is -3.18. The lowest BCUT2D eigenvalue weighted by molar-refractivity contribution is -0.156. The third-order valence-electron chi connectivity index (χ3n) is 5.76. The molecular formula is C30H38N2O3. The molecule has 0 aliphatic rings. The number of carbonyl (C=O) groups excluding carboxylic acids is 1. The normalized spacial score (nSPS) is 13.3. The molecule has 0 N–H and O–H groups in total. The highest BCUT2D eigenvalue weighted by molar-refractivity contribution is 5.71. The van der Waals surface area contributed by atoms with Gasteiger partial charge in [0, 0.05) is 24.8 Å². The number of carbonyl (C=O) groups is 1. The van der Waals surface area contributed by atoms with Crippen LogP contribution in [0, 0.1) is 0 Å². The van der Waals surface area contributed by atoms with E-state index in [1.54, 1.807) is 6.20 Å². The zero-order chi connectivity index (χ0) is 25.3. The first-order valence-electron chi connectivity index (χ1n) is 12.4. The van der Waals surface area contributed by atoms with Crippen molar-refractivity contribution in [2.75, 3.05) is 6.61 Å². The largest absolute Gasteiger partial charge is 0.492 e. The Morgan fingerprint density at radius 3 is 2.26 bits per heavy atom.